The molecule has 0 spiro atoms. The van der Waals surface area contributed by atoms with Crippen molar-refractivity contribution in [3.8, 4) is 6.07 Å². The molecule has 0 aliphatic carbocycles. The minimum absolute atomic E-state index is 0.447. The van der Waals surface area contributed by atoms with Crippen LogP contribution in [0.2, 0.25) is 10.0 Å². The number of furan rings is 1. The van der Waals surface area contributed by atoms with Gasteiger partial charge in [0.1, 0.15) is 5.76 Å². The van der Waals surface area contributed by atoms with Crippen molar-refractivity contribution in [1.82, 2.24) is 4.90 Å². The predicted octanol–water partition coefficient (Wildman–Crippen LogP) is 4.50. The second-order valence-electron chi connectivity index (χ2n) is 4.40. The van der Waals surface area contributed by atoms with E-state index in [4.69, 9.17) is 32.9 Å². The summed E-state index contributed by atoms with van der Waals surface area (Å²) in [5.41, 5.74) is 0.875. The molecular weight excluding hydrogens is 295 g/mol. The highest BCUT2D eigenvalue weighted by Gasteiger charge is 2.13. The molecule has 0 saturated heterocycles. The van der Waals surface area contributed by atoms with E-state index in [1.165, 1.54) is 0 Å². The highest BCUT2D eigenvalue weighted by atomic mass is 35.5. The quantitative estimate of drug-likeness (QED) is 0.788. The summed E-state index contributed by atoms with van der Waals surface area (Å²) in [6.07, 6.45) is 2.09. The molecule has 0 aliphatic heterocycles. The second-order valence-corrected chi connectivity index (χ2v) is 5.21. The number of rotatable bonds is 6. The molecule has 20 heavy (non-hydrogen) atoms. The SMILES string of the molecule is N#CCCN(Cc1ccco1)Cc1c(Cl)cccc1Cl. The molecule has 0 fully saturated rings. The molecule has 0 saturated carbocycles. The Morgan fingerprint density at radius 3 is 2.45 bits per heavy atom. The van der Waals surface area contributed by atoms with E-state index in [1.54, 1.807) is 6.26 Å². The number of halogens is 2. The van der Waals surface area contributed by atoms with E-state index in [0.29, 0.717) is 36.1 Å². The largest absolute Gasteiger partial charge is 0.468 e. The Kier molecular flexibility index (Phi) is 5.49. The lowest BCUT2D eigenvalue weighted by Crippen LogP contribution is -2.24. The molecule has 1 aromatic carbocycles. The van der Waals surface area contributed by atoms with Gasteiger partial charge in [0.05, 0.1) is 18.9 Å². The monoisotopic (exact) mass is 308 g/mol. The average molecular weight is 309 g/mol. The number of hydrogen-bond donors (Lipinski definition) is 0. The van der Waals surface area contributed by atoms with E-state index in [1.807, 2.05) is 30.3 Å². The van der Waals surface area contributed by atoms with Crippen molar-refractivity contribution in [2.75, 3.05) is 6.54 Å². The van der Waals surface area contributed by atoms with Crippen LogP contribution in [0.4, 0.5) is 0 Å². The summed E-state index contributed by atoms with van der Waals surface area (Å²) in [5, 5.41) is 10.0. The van der Waals surface area contributed by atoms with Crippen molar-refractivity contribution in [2.45, 2.75) is 19.5 Å². The zero-order valence-corrected chi connectivity index (χ0v) is 12.4. The summed E-state index contributed by atoms with van der Waals surface area (Å²) in [5.74, 6) is 0.853. The lowest BCUT2D eigenvalue weighted by molar-refractivity contribution is 0.240. The third kappa shape index (κ3) is 4.01. The van der Waals surface area contributed by atoms with Gasteiger partial charge in [-0.25, -0.2) is 0 Å². The Morgan fingerprint density at radius 2 is 1.85 bits per heavy atom. The standard InChI is InChI=1S/C15H14Cl2N2O/c16-14-5-1-6-15(17)13(14)11-19(8-3-7-18)10-12-4-2-9-20-12/h1-2,4-6,9H,3,8,10-11H2. The van der Waals surface area contributed by atoms with Crippen LogP contribution >= 0.6 is 23.2 Å². The molecule has 2 aromatic rings. The molecule has 2 rings (SSSR count). The van der Waals surface area contributed by atoms with Gasteiger partial charge in [-0.1, -0.05) is 29.3 Å². The van der Waals surface area contributed by atoms with Crippen LogP contribution in [0, 0.1) is 11.3 Å². The van der Waals surface area contributed by atoms with Crippen molar-refractivity contribution in [3.05, 3.63) is 58.0 Å². The third-order valence-corrected chi connectivity index (χ3v) is 3.65. The maximum Gasteiger partial charge on any atom is 0.117 e. The number of benzene rings is 1. The first-order valence-electron chi connectivity index (χ1n) is 6.25. The van der Waals surface area contributed by atoms with E-state index in [9.17, 15) is 0 Å². The molecular formula is C15H14Cl2N2O. The molecule has 3 nitrogen and oxygen atoms in total. The van der Waals surface area contributed by atoms with Gasteiger partial charge in [0.15, 0.2) is 0 Å². The Balaban J connectivity index is 2.13. The molecule has 1 heterocycles. The Bertz CT molecular complexity index is 570. The van der Waals surface area contributed by atoms with Crippen LogP contribution in [-0.2, 0) is 13.1 Å². The fourth-order valence-corrected chi connectivity index (χ4v) is 2.47. The number of nitrogens with zero attached hydrogens (tertiary/aromatic N) is 2. The highest BCUT2D eigenvalue weighted by Crippen LogP contribution is 2.26. The molecule has 1 aromatic heterocycles. The van der Waals surface area contributed by atoms with Gasteiger partial charge in [0, 0.05) is 35.1 Å². The molecule has 0 unspecified atom stereocenters. The van der Waals surface area contributed by atoms with E-state index in [0.717, 1.165) is 11.3 Å². The second kappa shape index (κ2) is 7.35. The van der Waals surface area contributed by atoms with Crippen LogP contribution < -0.4 is 0 Å². The molecule has 0 bridgehead atoms. The molecule has 0 N–H and O–H groups in total. The first-order chi connectivity index (χ1) is 9.70. The molecule has 0 atom stereocenters. The van der Waals surface area contributed by atoms with Gasteiger partial charge < -0.3 is 4.42 Å². The van der Waals surface area contributed by atoms with E-state index in [2.05, 4.69) is 11.0 Å². The molecule has 0 radical (unpaired) electrons. The van der Waals surface area contributed by atoms with Gasteiger partial charge in [0.25, 0.3) is 0 Å². The van der Waals surface area contributed by atoms with Gasteiger partial charge in [0.2, 0.25) is 0 Å². The van der Waals surface area contributed by atoms with Crippen LogP contribution in [0.1, 0.15) is 17.7 Å². The minimum atomic E-state index is 0.447. The number of hydrogen-bond acceptors (Lipinski definition) is 3. The molecule has 104 valence electrons. The van der Waals surface area contributed by atoms with E-state index in [-0.39, 0.29) is 0 Å². The van der Waals surface area contributed by atoms with Gasteiger partial charge >= 0.3 is 0 Å². The third-order valence-electron chi connectivity index (χ3n) is 2.94. The summed E-state index contributed by atoms with van der Waals surface area (Å²) in [7, 11) is 0. The summed E-state index contributed by atoms with van der Waals surface area (Å²) < 4.78 is 5.35. The Labute approximate surface area is 128 Å². The first-order valence-corrected chi connectivity index (χ1v) is 7.01. The average Bonchev–Trinajstić information content (AvgIpc) is 2.93. The summed E-state index contributed by atoms with van der Waals surface area (Å²) in [6, 6.07) is 11.4. The Hall–Kier alpha value is -1.47. The normalized spacial score (nSPS) is 10.7. The maximum atomic E-state index is 8.76. The lowest BCUT2D eigenvalue weighted by Gasteiger charge is -2.21. The smallest absolute Gasteiger partial charge is 0.117 e. The minimum Gasteiger partial charge on any atom is -0.468 e. The highest BCUT2D eigenvalue weighted by molar-refractivity contribution is 6.35. The number of nitriles is 1. The predicted molar refractivity (Wildman–Crippen MR) is 79.5 cm³/mol. The van der Waals surface area contributed by atoms with Crippen molar-refractivity contribution < 1.29 is 4.42 Å². The van der Waals surface area contributed by atoms with Gasteiger partial charge in [-0.2, -0.15) is 5.26 Å². The fraction of sp³-hybridized carbons (Fsp3) is 0.267. The van der Waals surface area contributed by atoms with Crippen LogP contribution in [0.25, 0.3) is 0 Å². The maximum absolute atomic E-state index is 8.76. The van der Waals surface area contributed by atoms with Gasteiger partial charge in [-0.3, -0.25) is 4.90 Å². The van der Waals surface area contributed by atoms with Crippen LogP contribution in [0.15, 0.2) is 41.0 Å². The van der Waals surface area contributed by atoms with Crippen molar-refractivity contribution in [3.63, 3.8) is 0 Å². The zero-order valence-electron chi connectivity index (χ0n) is 10.9. The fourth-order valence-electron chi connectivity index (χ4n) is 1.95. The lowest BCUT2D eigenvalue weighted by atomic mass is 10.2. The summed E-state index contributed by atoms with van der Waals surface area (Å²) in [4.78, 5) is 2.09. The topological polar surface area (TPSA) is 40.2 Å². The van der Waals surface area contributed by atoms with Crippen molar-refractivity contribution >= 4 is 23.2 Å². The van der Waals surface area contributed by atoms with Crippen LogP contribution in [0.3, 0.4) is 0 Å². The molecule has 0 amide bonds. The molecule has 5 heteroatoms. The van der Waals surface area contributed by atoms with Gasteiger partial charge in [-0.15, -0.1) is 0 Å². The first kappa shape index (κ1) is 14.9. The van der Waals surface area contributed by atoms with Gasteiger partial charge in [-0.05, 0) is 24.3 Å². The Morgan fingerprint density at radius 1 is 1.10 bits per heavy atom. The van der Waals surface area contributed by atoms with Crippen molar-refractivity contribution in [1.29, 1.82) is 5.26 Å². The van der Waals surface area contributed by atoms with Crippen LogP contribution in [-0.4, -0.2) is 11.4 Å². The van der Waals surface area contributed by atoms with E-state index >= 15 is 0 Å². The molecule has 0 aliphatic rings. The van der Waals surface area contributed by atoms with E-state index < -0.39 is 0 Å². The van der Waals surface area contributed by atoms with Crippen LogP contribution in [0.5, 0.6) is 0 Å². The summed E-state index contributed by atoms with van der Waals surface area (Å²) >= 11 is 12.4. The van der Waals surface area contributed by atoms with Crippen molar-refractivity contribution in [2.24, 2.45) is 0 Å². The summed E-state index contributed by atoms with van der Waals surface area (Å²) in [6.45, 7) is 1.84. The zero-order chi connectivity index (χ0) is 14.4.